The van der Waals surface area contributed by atoms with E-state index in [4.69, 9.17) is 9.15 Å². The number of furan rings is 1. The fraction of sp³-hybridized carbons (Fsp3) is 0.320. The van der Waals surface area contributed by atoms with Crippen molar-refractivity contribution in [2.75, 3.05) is 17.7 Å². The third kappa shape index (κ3) is 5.37. The summed E-state index contributed by atoms with van der Waals surface area (Å²) in [6.07, 6.45) is 5.90. The summed E-state index contributed by atoms with van der Waals surface area (Å²) in [5.74, 6) is -0.686. The number of thiophene rings is 1. The molecule has 7 nitrogen and oxygen atoms in total. The number of thioether (sulfide) groups is 1. The van der Waals surface area contributed by atoms with Crippen molar-refractivity contribution in [3.8, 4) is 0 Å². The van der Waals surface area contributed by atoms with Gasteiger partial charge in [-0.1, -0.05) is 13.0 Å². The van der Waals surface area contributed by atoms with Crippen LogP contribution in [-0.2, 0) is 22.4 Å². The van der Waals surface area contributed by atoms with E-state index < -0.39 is 5.97 Å². The second-order valence-corrected chi connectivity index (χ2v) is 10.3. The molecule has 0 saturated carbocycles. The molecule has 34 heavy (non-hydrogen) atoms. The SMILES string of the molecule is CCC(Sc1cccc(NC(=O)c2ccco2)c1)C(=O)Nc1sc2c(c1C(=O)OC)CCCC2. The second-order valence-electron chi connectivity index (χ2n) is 7.87. The van der Waals surface area contributed by atoms with Gasteiger partial charge in [0.15, 0.2) is 5.76 Å². The highest BCUT2D eigenvalue weighted by Gasteiger charge is 2.28. The van der Waals surface area contributed by atoms with Gasteiger partial charge in [-0.05, 0) is 68.0 Å². The third-order valence-electron chi connectivity index (χ3n) is 5.58. The molecule has 1 aliphatic carbocycles. The number of rotatable bonds is 8. The molecule has 0 spiro atoms. The van der Waals surface area contributed by atoms with Gasteiger partial charge in [-0.25, -0.2) is 4.79 Å². The van der Waals surface area contributed by atoms with Crippen molar-refractivity contribution in [1.29, 1.82) is 0 Å². The van der Waals surface area contributed by atoms with Crippen molar-refractivity contribution in [2.45, 2.75) is 49.2 Å². The summed E-state index contributed by atoms with van der Waals surface area (Å²) < 4.78 is 10.1. The molecule has 1 atom stereocenters. The zero-order valence-corrected chi connectivity index (χ0v) is 20.6. The lowest BCUT2D eigenvalue weighted by atomic mass is 9.95. The number of benzene rings is 1. The summed E-state index contributed by atoms with van der Waals surface area (Å²) in [7, 11) is 1.36. The van der Waals surface area contributed by atoms with Crippen LogP contribution in [0, 0.1) is 0 Å². The van der Waals surface area contributed by atoms with Gasteiger partial charge in [0, 0.05) is 15.5 Å². The lowest BCUT2D eigenvalue weighted by molar-refractivity contribution is -0.115. The molecule has 4 rings (SSSR count). The smallest absolute Gasteiger partial charge is 0.341 e. The maximum Gasteiger partial charge on any atom is 0.341 e. The average molecular weight is 499 g/mol. The number of methoxy groups -OCH3 is 1. The lowest BCUT2D eigenvalue weighted by Crippen LogP contribution is -2.25. The van der Waals surface area contributed by atoms with Crippen LogP contribution < -0.4 is 10.6 Å². The number of esters is 1. The van der Waals surface area contributed by atoms with Crippen LogP contribution in [0.2, 0.25) is 0 Å². The summed E-state index contributed by atoms with van der Waals surface area (Å²) >= 11 is 2.89. The molecular formula is C25H26N2O5S2. The van der Waals surface area contributed by atoms with Crippen LogP contribution in [0.5, 0.6) is 0 Å². The topological polar surface area (TPSA) is 97.6 Å². The van der Waals surface area contributed by atoms with E-state index in [9.17, 15) is 14.4 Å². The molecule has 1 aliphatic rings. The summed E-state index contributed by atoms with van der Waals surface area (Å²) in [6.45, 7) is 1.94. The monoisotopic (exact) mass is 498 g/mol. The van der Waals surface area contributed by atoms with Gasteiger partial charge in [-0.3, -0.25) is 9.59 Å². The number of ether oxygens (including phenoxy) is 1. The molecule has 1 unspecified atom stereocenters. The molecule has 9 heteroatoms. The summed E-state index contributed by atoms with van der Waals surface area (Å²) in [6, 6.07) is 10.6. The number of hydrogen-bond donors (Lipinski definition) is 2. The van der Waals surface area contributed by atoms with E-state index in [1.54, 1.807) is 18.2 Å². The van der Waals surface area contributed by atoms with Crippen LogP contribution in [0.15, 0.2) is 52.0 Å². The van der Waals surface area contributed by atoms with Crippen molar-refractivity contribution in [3.05, 3.63) is 64.4 Å². The Balaban J connectivity index is 1.47. The molecule has 0 radical (unpaired) electrons. The maximum atomic E-state index is 13.2. The van der Waals surface area contributed by atoms with Crippen molar-refractivity contribution in [2.24, 2.45) is 0 Å². The minimum atomic E-state index is -0.407. The van der Waals surface area contributed by atoms with E-state index in [2.05, 4.69) is 10.6 Å². The number of hydrogen-bond acceptors (Lipinski definition) is 7. The first-order valence-corrected chi connectivity index (χ1v) is 12.8. The first-order chi connectivity index (χ1) is 16.5. The first-order valence-electron chi connectivity index (χ1n) is 11.2. The molecule has 0 saturated heterocycles. The largest absolute Gasteiger partial charge is 0.465 e. The number of carbonyl (C=O) groups excluding carboxylic acids is 3. The Hall–Kier alpha value is -3.04. The van der Waals surface area contributed by atoms with E-state index in [1.807, 2.05) is 25.1 Å². The van der Waals surface area contributed by atoms with Crippen LogP contribution in [0.3, 0.4) is 0 Å². The van der Waals surface area contributed by atoms with Gasteiger partial charge in [0.25, 0.3) is 5.91 Å². The minimum Gasteiger partial charge on any atom is -0.465 e. The molecule has 2 amide bonds. The predicted octanol–water partition coefficient (Wildman–Crippen LogP) is 5.77. The zero-order chi connectivity index (χ0) is 24.1. The van der Waals surface area contributed by atoms with Crippen molar-refractivity contribution in [3.63, 3.8) is 0 Å². The molecular weight excluding hydrogens is 472 g/mol. The summed E-state index contributed by atoms with van der Waals surface area (Å²) in [5, 5.41) is 6.00. The van der Waals surface area contributed by atoms with E-state index in [0.29, 0.717) is 22.7 Å². The number of nitrogens with one attached hydrogen (secondary N) is 2. The average Bonchev–Trinajstić information content (AvgIpc) is 3.50. The molecule has 0 fully saturated rings. The molecule has 0 aliphatic heterocycles. The maximum absolute atomic E-state index is 13.2. The highest BCUT2D eigenvalue weighted by Crippen LogP contribution is 2.39. The first kappa shape index (κ1) is 24.1. The summed E-state index contributed by atoms with van der Waals surface area (Å²) in [5.41, 5.74) is 2.12. The van der Waals surface area contributed by atoms with E-state index in [-0.39, 0.29) is 22.8 Å². The number of carbonyl (C=O) groups is 3. The molecule has 178 valence electrons. The van der Waals surface area contributed by atoms with E-state index in [1.165, 1.54) is 36.5 Å². The van der Waals surface area contributed by atoms with E-state index in [0.717, 1.165) is 41.0 Å². The van der Waals surface area contributed by atoms with Crippen LogP contribution in [0.4, 0.5) is 10.7 Å². The lowest BCUT2D eigenvalue weighted by Gasteiger charge is -2.15. The standard InChI is InChI=1S/C25H26N2O5S2/c1-3-19(33-16-9-6-8-15(14-16)26-22(28)18-11-7-13-32-18)23(29)27-24-21(25(30)31-2)17-10-4-5-12-20(17)34-24/h6-9,11,13-14,19H,3-5,10,12H2,1-2H3,(H,26,28)(H,27,29). The van der Waals surface area contributed by atoms with Gasteiger partial charge >= 0.3 is 5.97 Å². The zero-order valence-electron chi connectivity index (χ0n) is 19.0. The van der Waals surface area contributed by atoms with Crippen LogP contribution in [0.1, 0.15) is 57.5 Å². The predicted molar refractivity (Wildman–Crippen MR) is 134 cm³/mol. The van der Waals surface area contributed by atoms with Gasteiger partial charge in [0.1, 0.15) is 5.00 Å². The van der Waals surface area contributed by atoms with Gasteiger partial charge in [-0.2, -0.15) is 0 Å². The Bertz CT molecular complexity index is 1190. The van der Waals surface area contributed by atoms with Crippen molar-refractivity contribution >= 4 is 51.6 Å². The number of amides is 2. The highest BCUT2D eigenvalue weighted by atomic mass is 32.2. The van der Waals surface area contributed by atoms with Crippen LogP contribution in [0.25, 0.3) is 0 Å². The fourth-order valence-corrected chi connectivity index (χ4v) is 6.19. The Morgan fingerprint density at radius 1 is 1.15 bits per heavy atom. The Morgan fingerprint density at radius 2 is 1.97 bits per heavy atom. The molecule has 0 bridgehead atoms. The van der Waals surface area contributed by atoms with Gasteiger partial charge in [-0.15, -0.1) is 23.1 Å². The van der Waals surface area contributed by atoms with Gasteiger partial charge < -0.3 is 19.8 Å². The van der Waals surface area contributed by atoms with Gasteiger partial charge in [0.05, 0.1) is 24.2 Å². The molecule has 2 heterocycles. The van der Waals surface area contributed by atoms with Crippen molar-refractivity contribution < 1.29 is 23.5 Å². The third-order valence-corrected chi connectivity index (χ3v) is 8.14. The summed E-state index contributed by atoms with van der Waals surface area (Å²) in [4.78, 5) is 39.9. The minimum absolute atomic E-state index is 0.165. The van der Waals surface area contributed by atoms with Crippen molar-refractivity contribution in [1.82, 2.24) is 0 Å². The fourth-order valence-electron chi connectivity index (χ4n) is 3.90. The number of aryl methyl sites for hydroxylation is 1. The molecule has 2 N–H and O–H groups in total. The number of fused-ring (bicyclic) bond motifs is 1. The Morgan fingerprint density at radius 3 is 2.71 bits per heavy atom. The Labute approximate surface area is 206 Å². The van der Waals surface area contributed by atoms with E-state index >= 15 is 0 Å². The van der Waals surface area contributed by atoms with Gasteiger partial charge in [0.2, 0.25) is 5.91 Å². The van der Waals surface area contributed by atoms with Crippen LogP contribution in [-0.4, -0.2) is 30.1 Å². The number of anilines is 2. The normalized spacial score (nSPS) is 13.6. The van der Waals surface area contributed by atoms with Crippen LogP contribution >= 0.6 is 23.1 Å². The molecule has 2 aromatic heterocycles. The molecule has 3 aromatic rings. The highest BCUT2D eigenvalue weighted by molar-refractivity contribution is 8.00. The Kier molecular flexibility index (Phi) is 7.74. The quantitative estimate of drug-likeness (QED) is 0.302. The molecule has 1 aromatic carbocycles. The second kappa shape index (κ2) is 10.9.